The average molecular weight is 245 g/mol. The van der Waals surface area contributed by atoms with Crippen molar-refractivity contribution in [1.29, 1.82) is 0 Å². The molecular weight excluding hydrogens is 226 g/mol. The quantitative estimate of drug-likeness (QED) is 0.798. The zero-order chi connectivity index (χ0) is 11.1. The average Bonchev–Trinajstić information content (AvgIpc) is 2.66. The molecule has 0 fully saturated rings. The maximum Gasteiger partial charge on any atom is 0.134 e. The summed E-state index contributed by atoms with van der Waals surface area (Å²) in [6, 6.07) is 2.02. The lowest BCUT2D eigenvalue weighted by molar-refractivity contribution is 0.410. The SMILES string of the molecule is COc1ccsc1CNCC(C)CSC. The lowest BCUT2D eigenvalue weighted by Gasteiger charge is -2.10. The van der Waals surface area contributed by atoms with Gasteiger partial charge in [0.15, 0.2) is 0 Å². The van der Waals surface area contributed by atoms with E-state index in [4.69, 9.17) is 4.74 Å². The minimum Gasteiger partial charge on any atom is -0.496 e. The van der Waals surface area contributed by atoms with Crippen LogP contribution in [0.15, 0.2) is 11.4 Å². The third-order valence-electron chi connectivity index (χ3n) is 2.15. The van der Waals surface area contributed by atoms with Crippen molar-refractivity contribution < 1.29 is 4.74 Å². The number of rotatable bonds is 7. The van der Waals surface area contributed by atoms with Crippen molar-refractivity contribution in [2.45, 2.75) is 13.5 Å². The number of ether oxygens (including phenoxy) is 1. The Labute approximate surface area is 100 Å². The smallest absolute Gasteiger partial charge is 0.134 e. The van der Waals surface area contributed by atoms with Crippen LogP contribution in [0.4, 0.5) is 0 Å². The molecule has 15 heavy (non-hydrogen) atoms. The van der Waals surface area contributed by atoms with Gasteiger partial charge in [0.2, 0.25) is 0 Å². The highest BCUT2D eigenvalue weighted by molar-refractivity contribution is 7.98. The van der Waals surface area contributed by atoms with Crippen molar-refractivity contribution in [2.75, 3.05) is 25.7 Å². The largest absolute Gasteiger partial charge is 0.496 e. The van der Waals surface area contributed by atoms with Gasteiger partial charge in [-0.2, -0.15) is 11.8 Å². The van der Waals surface area contributed by atoms with Gasteiger partial charge in [-0.1, -0.05) is 6.92 Å². The Morgan fingerprint density at radius 2 is 2.40 bits per heavy atom. The number of thioether (sulfide) groups is 1. The van der Waals surface area contributed by atoms with Gasteiger partial charge < -0.3 is 10.1 Å². The predicted molar refractivity (Wildman–Crippen MR) is 70.1 cm³/mol. The number of methoxy groups -OCH3 is 1. The molecule has 0 aliphatic heterocycles. The van der Waals surface area contributed by atoms with Crippen LogP contribution in [-0.2, 0) is 6.54 Å². The molecule has 2 nitrogen and oxygen atoms in total. The Kier molecular flexibility index (Phi) is 6.13. The number of nitrogens with one attached hydrogen (secondary N) is 1. The van der Waals surface area contributed by atoms with Gasteiger partial charge in [0.25, 0.3) is 0 Å². The van der Waals surface area contributed by atoms with E-state index in [2.05, 4.69) is 23.9 Å². The summed E-state index contributed by atoms with van der Waals surface area (Å²) < 4.78 is 5.26. The van der Waals surface area contributed by atoms with Crippen molar-refractivity contribution in [2.24, 2.45) is 5.92 Å². The van der Waals surface area contributed by atoms with E-state index >= 15 is 0 Å². The Morgan fingerprint density at radius 3 is 3.07 bits per heavy atom. The molecule has 0 spiro atoms. The first-order valence-corrected chi connectivity index (χ1v) is 7.35. The zero-order valence-electron chi connectivity index (χ0n) is 9.58. The van der Waals surface area contributed by atoms with Gasteiger partial charge in [0, 0.05) is 6.54 Å². The molecule has 4 heteroatoms. The molecule has 1 unspecified atom stereocenters. The summed E-state index contributed by atoms with van der Waals surface area (Å²) in [5, 5.41) is 5.53. The molecule has 86 valence electrons. The Morgan fingerprint density at radius 1 is 1.60 bits per heavy atom. The molecule has 1 heterocycles. The van der Waals surface area contributed by atoms with Crippen molar-refractivity contribution in [3.8, 4) is 5.75 Å². The van der Waals surface area contributed by atoms with E-state index in [-0.39, 0.29) is 0 Å². The minimum atomic E-state index is 0.728. The van der Waals surface area contributed by atoms with Crippen molar-refractivity contribution in [1.82, 2.24) is 5.32 Å². The van der Waals surface area contributed by atoms with Crippen LogP contribution < -0.4 is 10.1 Å². The highest BCUT2D eigenvalue weighted by atomic mass is 32.2. The first-order valence-electron chi connectivity index (χ1n) is 5.08. The van der Waals surface area contributed by atoms with E-state index < -0.39 is 0 Å². The molecule has 0 aliphatic rings. The molecule has 1 aromatic rings. The molecule has 0 aromatic carbocycles. The van der Waals surface area contributed by atoms with E-state index in [9.17, 15) is 0 Å². The lowest BCUT2D eigenvalue weighted by atomic mass is 10.2. The molecule has 0 bridgehead atoms. The fraction of sp³-hybridized carbons (Fsp3) is 0.636. The topological polar surface area (TPSA) is 21.3 Å². The first-order chi connectivity index (χ1) is 7.27. The summed E-state index contributed by atoms with van der Waals surface area (Å²) >= 11 is 3.65. The van der Waals surface area contributed by atoms with Crippen LogP contribution in [0.3, 0.4) is 0 Å². The Balaban J connectivity index is 2.25. The Bertz CT molecular complexity index is 275. The fourth-order valence-corrected chi connectivity index (χ4v) is 2.91. The third kappa shape index (κ3) is 4.45. The zero-order valence-corrected chi connectivity index (χ0v) is 11.2. The van der Waals surface area contributed by atoms with Gasteiger partial charge in [0.05, 0.1) is 12.0 Å². The van der Waals surface area contributed by atoms with Gasteiger partial charge in [-0.25, -0.2) is 0 Å². The van der Waals surface area contributed by atoms with E-state index in [1.807, 2.05) is 17.8 Å². The van der Waals surface area contributed by atoms with Crippen LogP contribution in [-0.4, -0.2) is 25.7 Å². The van der Waals surface area contributed by atoms with Crippen LogP contribution in [0, 0.1) is 5.92 Å². The molecule has 1 rings (SSSR count). The van der Waals surface area contributed by atoms with Crippen molar-refractivity contribution in [3.05, 3.63) is 16.3 Å². The molecule has 1 atom stereocenters. The van der Waals surface area contributed by atoms with Gasteiger partial charge in [-0.3, -0.25) is 0 Å². The summed E-state index contributed by atoms with van der Waals surface area (Å²) in [6.07, 6.45) is 2.15. The van der Waals surface area contributed by atoms with Crippen molar-refractivity contribution >= 4 is 23.1 Å². The molecule has 0 radical (unpaired) electrons. The highest BCUT2D eigenvalue weighted by Crippen LogP contribution is 2.23. The maximum atomic E-state index is 5.26. The van der Waals surface area contributed by atoms with Gasteiger partial charge in [0.1, 0.15) is 5.75 Å². The maximum absolute atomic E-state index is 5.26. The molecule has 0 saturated carbocycles. The van der Waals surface area contributed by atoms with Crippen LogP contribution in [0.1, 0.15) is 11.8 Å². The summed E-state index contributed by atoms with van der Waals surface area (Å²) in [7, 11) is 1.72. The molecule has 0 aliphatic carbocycles. The van der Waals surface area contributed by atoms with E-state index in [1.54, 1.807) is 18.4 Å². The van der Waals surface area contributed by atoms with Crippen LogP contribution >= 0.6 is 23.1 Å². The summed E-state index contributed by atoms with van der Waals surface area (Å²) in [5.74, 6) is 2.95. The molecular formula is C11H19NOS2. The van der Waals surface area contributed by atoms with E-state index in [1.165, 1.54) is 10.6 Å². The summed E-state index contributed by atoms with van der Waals surface area (Å²) in [4.78, 5) is 1.29. The van der Waals surface area contributed by atoms with Crippen molar-refractivity contribution in [3.63, 3.8) is 0 Å². The van der Waals surface area contributed by atoms with Gasteiger partial charge in [-0.05, 0) is 35.9 Å². The second-order valence-corrected chi connectivity index (χ2v) is 5.51. The van der Waals surface area contributed by atoms with Crippen LogP contribution in [0.25, 0.3) is 0 Å². The van der Waals surface area contributed by atoms with Gasteiger partial charge >= 0.3 is 0 Å². The van der Waals surface area contributed by atoms with E-state index in [0.29, 0.717) is 0 Å². The molecule has 0 saturated heterocycles. The highest BCUT2D eigenvalue weighted by Gasteiger charge is 2.05. The fourth-order valence-electron chi connectivity index (χ4n) is 1.42. The second-order valence-electron chi connectivity index (χ2n) is 3.60. The molecule has 1 aromatic heterocycles. The number of hydrogen-bond donors (Lipinski definition) is 1. The minimum absolute atomic E-state index is 0.728. The monoisotopic (exact) mass is 245 g/mol. The van der Waals surface area contributed by atoms with E-state index in [0.717, 1.165) is 24.8 Å². The summed E-state index contributed by atoms with van der Waals surface area (Å²) in [5.41, 5.74) is 0. The van der Waals surface area contributed by atoms with Crippen LogP contribution in [0.2, 0.25) is 0 Å². The first kappa shape index (κ1) is 12.9. The second kappa shape index (κ2) is 7.14. The predicted octanol–water partition coefficient (Wildman–Crippen LogP) is 2.85. The third-order valence-corrected chi connectivity index (χ3v) is 3.96. The number of hydrogen-bond acceptors (Lipinski definition) is 4. The lowest BCUT2D eigenvalue weighted by Crippen LogP contribution is -2.21. The number of thiophene rings is 1. The normalized spacial score (nSPS) is 12.7. The molecule has 1 N–H and O–H groups in total. The standard InChI is InChI=1S/C11H19NOS2/c1-9(8-14-3)6-12-7-11-10(13-2)4-5-15-11/h4-5,9,12H,6-8H2,1-3H3. The molecule has 0 amide bonds. The van der Waals surface area contributed by atoms with Crippen LogP contribution in [0.5, 0.6) is 5.75 Å². The summed E-state index contributed by atoms with van der Waals surface area (Å²) in [6.45, 7) is 4.26. The Hall–Kier alpha value is -0.190. The van der Waals surface area contributed by atoms with Gasteiger partial charge in [-0.15, -0.1) is 11.3 Å².